The molecule has 0 radical (unpaired) electrons. The fraction of sp³-hybridized carbons (Fsp3) is 0.286. The quantitative estimate of drug-likeness (QED) is 0.748. The monoisotopic (exact) mass is 296 g/mol. The van der Waals surface area contributed by atoms with E-state index in [4.69, 9.17) is 4.42 Å². The zero-order valence-corrected chi connectivity index (χ0v) is 11.2. The first-order valence-corrected chi connectivity index (χ1v) is 6.57. The Balaban J connectivity index is 2.05. The Kier molecular flexibility index (Phi) is 4.00. The third kappa shape index (κ3) is 3.19. The van der Waals surface area contributed by atoms with Crippen LogP contribution in [0.15, 0.2) is 40.8 Å². The number of alkyl halides is 1. The molecule has 0 aliphatic rings. The predicted octanol–water partition coefficient (Wildman–Crippen LogP) is 4.66. The fourth-order valence-electron chi connectivity index (χ4n) is 1.68. The number of benzene rings is 1. The third-order valence-corrected chi connectivity index (χ3v) is 3.44. The van der Waals surface area contributed by atoms with Crippen molar-refractivity contribution in [2.45, 2.75) is 24.6 Å². The van der Waals surface area contributed by atoms with Crippen molar-refractivity contribution in [1.29, 1.82) is 0 Å². The van der Waals surface area contributed by atoms with E-state index in [0.717, 1.165) is 29.9 Å². The van der Waals surface area contributed by atoms with Gasteiger partial charge in [-0.1, -0.05) is 35.0 Å². The topological polar surface area (TPSA) is 13.1 Å². The van der Waals surface area contributed by atoms with Gasteiger partial charge in [-0.15, -0.1) is 0 Å². The molecule has 0 aliphatic carbocycles. The lowest BCUT2D eigenvalue weighted by Gasteiger charge is -2.07. The van der Waals surface area contributed by atoms with Crippen LogP contribution < -0.4 is 0 Å². The number of rotatable bonds is 4. The maximum atomic E-state index is 12.8. The van der Waals surface area contributed by atoms with Crippen LogP contribution in [-0.2, 0) is 12.8 Å². The standard InChI is InChI=1S/C14H14BrFO/c1-2-12-7-8-14(17-12)13(15)9-10-3-5-11(16)6-4-10/h3-8,13H,2,9H2,1H3. The maximum Gasteiger partial charge on any atom is 0.123 e. The molecule has 0 bridgehead atoms. The van der Waals surface area contributed by atoms with E-state index in [2.05, 4.69) is 22.9 Å². The molecule has 1 atom stereocenters. The number of hydrogen-bond acceptors (Lipinski definition) is 1. The Morgan fingerprint density at radius 1 is 1.18 bits per heavy atom. The molecule has 1 nitrogen and oxygen atoms in total. The molecule has 0 aliphatic heterocycles. The largest absolute Gasteiger partial charge is 0.465 e. The summed E-state index contributed by atoms with van der Waals surface area (Å²) >= 11 is 3.60. The van der Waals surface area contributed by atoms with Gasteiger partial charge in [-0.2, -0.15) is 0 Å². The summed E-state index contributed by atoms with van der Waals surface area (Å²) in [6, 6.07) is 10.5. The summed E-state index contributed by atoms with van der Waals surface area (Å²) in [4.78, 5) is 0.133. The SMILES string of the molecule is CCc1ccc(C(Br)Cc2ccc(F)cc2)o1. The van der Waals surface area contributed by atoms with Crippen LogP contribution in [0.5, 0.6) is 0 Å². The van der Waals surface area contributed by atoms with Crippen LogP contribution in [0.25, 0.3) is 0 Å². The minimum absolute atomic E-state index is 0.133. The second kappa shape index (κ2) is 5.50. The molecule has 2 aromatic rings. The first-order chi connectivity index (χ1) is 8.19. The minimum Gasteiger partial charge on any atom is -0.465 e. The highest BCUT2D eigenvalue weighted by Crippen LogP contribution is 2.28. The van der Waals surface area contributed by atoms with E-state index in [-0.39, 0.29) is 10.6 Å². The van der Waals surface area contributed by atoms with E-state index >= 15 is 0 Å². The molecule has 3 heteroatoms. The van der Waals surface area contributed by atoms with Crippen molar-refractivity contribution in [2.24, 2.45) is 0 Å². The number of hydrogen-bond donors (Lipinski definition) is 0. The smallest absolute Gasteiger partial charge is 0.123 e. The summed E-state index contributed by atoms with van der Waals surface area (Å²) in [7, 11) is 0. The average molecular weight is 297 g/mol. The van der Waals surface area contributed by atoms with Crippen LogP contribution in [0.3, 0.4) is 0 Å². The van der Waals surface area contributed by atoms with Gasteiger partial charge >= 0.3 is 0 Å². The molecule has 0 N–H and O–H groups in total. The molecule has 0 amide bonds. The Labute approximate surface area is 109 Å². The molecule has 0 spiro atoms. The lowest BCUT2D eigenvalue weighted by atomic mass is 10.1. The highest BCUT2D eigenvalue weighted by atomic mass is 79.9. The molecular formula is C14H14BrFO. The fourth-order valence-corrected chi connectivity index (χ4v) is 2.30. The summed E-state index contributed by atoms with van der Waals surface area (Å²) < 4.78 is 18.4. The summed E-state index contributed by atoms with van der Waals surface area (Å²) in [6.45, 7) is 2.06. The third-order valence-electron chi connectivity index (χ3n) is 2.67. The van der Waals surface area contributed by atoms with Gasteiger partial charge in [0.25, 0.3) is 0 Å². The molecule has 1 aromatic heterocycles. The van der Waals surface area contributed by atoms with Crippen LogP contribution in [0.1, 0.15) is 28.8 Å². The molecule has 0 saturated heterocycles. The average Bonchev–Trinajstić information content (AvgIpc) is 2.81. The number of aryl methyl sites for hydroxylation is 1. The highest BCUT2D eigenvalue weighted by molar-refractivity contribution is 9.09. The van der Waals surface area contributed by atoms with Gasteiger partial charge in [0.2, 0.25) is 0 Å². The summed E-state index contributed by atoms with van der Waals surface area (Å²) in [5, 5.41) is 0. The van der Waals surface area contributed by atoms with Crippen molar-refractivity contribution in [3.8, 4) is 0 Å². The van der Waals surface area contributed by atoms with E-state index < -0.39 is 0 Å². The van der Waals surface area contributed by atoms with Gasteiger partial charge in [0, 0.05) is 6.42 Å². The zero-order chi connectivity index (χ0) is 12.3. The predicted molar refractivity (Wildman–Crippen MR) is 69.9 cm³/mol. The van der Waals surface area contributed by atoms with E-state index in [1.54, 1.807) is 12.1 Å². The summed E-state index contributed by atoms with van der Waals surface area (Å²) in [6.07, 6.45) is 1.69. The van der Waals surface area contributed by atoms with E-state index in [1.807, 2.05) is 12.1 Å². The van der Waals surface area contributed by atoms with Gasteiger partial charge in [0.05, 0.1) is 4.83 Å². The van der Waals surface area contributed by atoms with E-state index in [1.165, 1.54) is 12.1 Å². The van der Waals surface area contributed by atoms with Crippen LogP contribution >= 0.6 is 15.9 Å². The molecule has 1 heterocycles. The number of furan rings is 1. The van der Waals surface area contributed by atoms with Crippen molar-refractivity contribution in [3.63, 3.8) is 0 Å². The maximum absolute atomic E-state index is 12.8. The Hall–Kier alpha value is -1.09. The first kappa shape index (κ1) is 12.4. The molecular weight excluding hydrogens is 283 g/mol. The van der Waals surface area contributed by atoms with E-state index in [9.17, 15) is 4.39 Å². The van der Waals surface area contributed by atoms with Gasteiger partial charge in [-0.25, -0.2) is 4.39 Å². The van der Waals surface area contributed by atoms with Crippen molar-refractivity contribution < 1.29 is 8.81 Å². The highest BCUT2D eigenvalue weighted by Gasteiger charge is 2.12. The van der Waals surface area contributed by atoms with Crippen molar-refractivity contribution in [2.75, 3.05) is 0 Å². The summed E-state index contributed by atoms with van der Waals surface area (Å²) in [5.41, 5.74) is 1.09. The Bertz CT molecular complexity index is 475. The lowest BCUT2D eigenvalue weighted by Crippen LogP contribution is -1.93. The van der Waals surface area contributed by atoms with Crippen LogP contribution in [-0.4, -0.2) is 0 Å². The van der Waals surface area contributed by atoms with Crippen molar-refractivity contribution in [3.05, 3.63) is 59.3 Å². The van der Waals surface area contributed by atoms with Crippen molar-refractivity contribution in [1.82, 2.24) is 0 Å². The van der Waals surface area contributed by atoms with E-state index in [0.29, 0.717) is 0 Å². The Morgan fingerprint density at radius 2 is 1.88 bits per heavy atom. The van der Waals surface area contributed by atoms with Crippen LogP contribution in [0, 0.1) is 5.82 Å². The normalized spacial score (nSPS) is 12.6. The second-order valence-electron chi connectivity index (χ2n) is 3.96. The summed E-state index contributed by atoms with van der Waals surface area (Å²) in [5.74, 6) is 1.71. The molecule has 17 heavy (non-hydrogen) atoms. The molecule has 1 unspecified atom stereocenters. The Morgan fingerprint density at radius 3 is 2.47 bits per heavy atom. The van der Waals surface area contributed by atoms with Gasteiger partial charge in [-0.05, 0) is 36.2 Å². The van der Waals surface area contributed by atoms with Gasteiger partial charge in [0.1, 0.15) is 17.3 Å². The molecule has 2 rings (SSSR count). The molecule has 1 aromatic carbocycles. The lowest BCUT2D eigenvalue weighted by molar-refractivity contribution is 0.467. The van der Waals surface area contributed by atoms with Gasteiger partial charge in [0.15, 0.2) is 0 Å². The molecule has 0 fully saturated rings. The second-order valence-corrected chi connectivity index (χ2v) is 5.06. The van der Waals surface area contributed by atoms with Gasteiger partial charge < -0.3 is 4.42 Å². The van der Waals surface area contributed by atoms with Gasteiger partial charge in [-0.3, -0.25) is 0 Å². The molecule has 0 saturated carbocycles. The first-order valence-electron chi connectivity index (χ1n) is 5.66. The number of halogens is 2. The van der Waals surface area contributed by atoms with Crippen molar-refractivity contribution >= 4 is 15.9 Å². The molecule has 90 valence electrons. The van der Waals surface area contributed by atoms with Crippen LogP contribution in [0.4, 0.5) is 4.39 Å². The van der Waals surface area contributed by atoms with Crippen LogP contribution in [0.2, 0.25) is 0 Å². The minimum atomic E-state index is -0.203. The zero-order valence-electron chi connectivity index (χ0n) is 9.62.